The summed E-state index contributed by atoms with van der Waals surface area (Å²) in [6.07, 6.45) is 8.27. The molecule has 9 rings (SSSR count). The van der Waals surface area contributed by atoms with Gasteiger partial charge in [-0.1, -0.05) is 60.2 Å². The Labute approximate surface area is 318 Å². The number of nitrogens with zero attached hydrogens (tertiary/aromatic N) is 2. The van der Waals surface area contributed by atoms with Crippen molar-refractivity contribution in [2.24, 2.45) is 0 Å². The molecule has 55 heavy (non-hydrogen) atoms. The molecule has 3 aromatic heterocycles. The van der Waals surface area contributed by atoms with Crippen molar-refractivity contribution in [2.75, 3.05) is 14.2 Å². The summed E-state index contributed by atoms with van der Waals surface area (Å²) in [4.78, 5) is 18.2. The minimum Gasteiger partial charge on any atom is -0.497 e. The zero-order chi connectivity index (χ0) is 37.6. The summed E-state index contributed by atoms with van der Waals surface area (Å²) in [7, 11) is 3.33. The van der Waals surface area contributed by atoms with E-state index >= 15 is 0 Å². The van der Waals surface area contributed by atoms with Crippen LogP contribution in [0.1, 0.15) is 33.9 Å². The summed E-state index contributed by atoms with van der Waals surface area (Å²) in [5.74, 6) is 1.28. The van der Waals surface area contributed by atoms with E-state index in [1.54, 1.807) is 21.1 Å². The van der Waals surface area contributed by atoms with Gasteiger partial charge in [-0.15, -0.1) is 0 Å². The van der Waals surface area contributed by atoms with Crippen LogP contribution in [0.5, 0.6) is 11.5 Å². The third kappa shape index (κ3) is 6.19. The molecule has 7 aromatic rings. The van der Waals surface area contributed by atoms with E-state index in [-0.39, 0.29) is 5.82 Å². The van der Waals surface area contributed by atoms with Crippen LogP contribution in [-0.4, -0.2) is 34.2 Å². The van der Waals surface area contributed by atoms with Gasteiger partial charge in [-0.3, -0.25) is 0 Å². The van der Waals surface area contributed by atoms with E-state index in [4.69, 9.17) is 19.4 Å². The fraction of sp³-hybridized carbons (Fsp3) is 0.0833. The van der Waals surface area contributed by atoms with Crippen molar-refractivity contribution in [1.29, 1.82) is 0 Å². The number of hydrogen-bond donors (Lipinski definition) is 2. The number of rotatable bonds is 6. The van der Waals surface area contributed by atoms with Crippen LogP contribution < -0.4 is 9.47 Å². The maximum absolute atomic E-state index is 14.7. The molecule has 0 amide bonds. The number of H-pyrrole nitrogens is 2. The second-order valence-corrected chi connectivity index (χ2v) is 13.8. The van der Waals surface area contributed by atoms with Crippen LogP contribution >= 0.6 is 0 Å². The summed E-state index contributed by atoms with van der Waals surface area (Å²) in [6, 6.07) is 38.2. The predicted octanol–water partition coefficient (Wildman–Crippen LogP) is 12.1. The molecule has 2 N–H and O–H groups in total. The monoisotopic (exact) mass is 720 g/mol. The van der Waals surface area contributed by atoms with Gasteiger partial charge in [0.25, 0.3) is 0 Å². The normalized spacial score (nSPS) is 11.9. The Balaban J connectivity index is 1.45. The lowest BCUT2D eigenvalue weighted by atomic mass is 10.0. The number of nitrogens with one attached hydrogen (secondary N) is 2. The zero-order valence-electron chi connectivity index (χ0n) is 30.9. The number of aryl methyl sites for hydroxylation is 2. The Kier molecular flexibility index (Phi) is 8.47. The minimum atomic E-state index is -0.256. The summed E-state index contributed by atoms with van der Waals surface area (Å²) in [5, 5.41) is 0. The molecular formula is C48H37FN4O2. The fourth-order valence-corrected chi connectivity index (χ4v) is 7.46. The van der Waals surface area contributed by atoms with E-state index in [0.29, 0.717) is 5.56 Å². The third-order valence-corrected chi connectivity index (χ3v) is 10.3. The maximum Gasteiger partial charge on any atom is 0.126 e. The number of aromatic amines is 2. The smallest absolute Gasteiger partial charge is 0.126 e. The summed E-state index contributed by atoms with van der Waals surface area (Å²) in [6.45, 7) is 3.88. The molecule has 0 radical (unpaired) electrons. The number of halogens is 1. The molecule has 0 aliphatic carbocycles. The minimum absolute atomic E-state index is 0.256. The van der Waals surface area contributed by atoms with Crippen molar-refractivity contribution in [3.05, 3.63) is 155 Å². The molecule has 268 valence electrons. The molecule has 0 unspecified atom stereocenters. The van der Waals surface area contributed by atoms with Gasteiger partial charge >= 0.3 is 0 Å². The van der Waals surface area contributed by atoms with Gasteiger partial charge in [0.1, 0.15) is 17.3 Å². The van der Waals surface area contributed by atoms with Gasteiger partial charge in [-0.05, 0) is 127 Å². The number of fused-ring (bicyclic) bond motifs is 8. The molecule has 0 fully saturated rings. The first kappa shape index (κ1) is 33.8. The van der Waals surface area contributed by atoms with Gasteiger partial charge in [0.05, 0.1) is 37.0 Å². The fourth-order valence-electron chi connectivity index (χ4n) is 7.46. The van der Waals surface area contributed by atoms with Crippen molar-refractivity contribution in [2.45, 2.75) is 13.8 Å². The molecule has 0 saturated heterocycles. The van der Waals surface area contributed by atoms with Crippen LogP contribution in [-0.2, 0) is 0 Å². The highest BCUT2D eigenvalue weighted by atomic mass is 19.1. The second-order valence-electron chi connectivity index (χ2n) is 13.8. The Morgan fingerprint density at radius 2 is 0.782 bits per heavy atom. The molecule has 6 nitrogen and oxygen atoms in total. The lowest BCUT2D eigenvalue weighted by Gasteiger charge is -2.08. The van der Waals surface area contributed by atoms with Crippen LogP contribution in [0.4, 0.5) is 4.39 Å². The van der Waals surface area contributed by atoms with Crippen molar-refractivity contribution in [1.82, 2.24) is 19.9 Å². The average Bonchev–Trinajstić information content (AvgIpc) is 4.05. The lowest BCUT2D eigenvalue weighted by Crippen LogP contribution is -1.91. The highest BCUT2D eigenvalue weighted by molar-refractivity contribution is 5.99. The number of benzene rings is 4. The van der Waals surface area contributed by atoms with Gasteiger partial charge in [0.15, 0.2) is 0 Å². The first-order chi connectivity index (χ1) is 26.9. The molecule has 0 atom stereocenters. The number of hydrogen-bond acceptors (Lipinski definition) is 4. The van der Waals surface area contributed by atoms with E-state index in [1.165, 1.54) is 11.6 Å². The molecular weight excluding hydrogens is 684 g/mol. The molecule has 0 saturated carbocycles. The van der Waals surface area contributed by atoms with Crippen LogP contribution in [0.15, 0.2) is 115 Å². The first-order valence-corrected chi connectivity index (χ1v) is 18.2. The van der Waals surface area contributed by atoms with Crippen molar-refractivity contribution in [3.63, 3.8) is 0 Å². The van der Waals surface area contributed by atoms with Gasteiger partial charge in [0, 0.05) is 44.3 Å². The maximum atomic E-state index is 14.7. The molecule has 7 heteroatoms. The highest BCUT2D eigenvalue weighted by Crippen LogP contribution is 2.39. The van der Waals surface area contributed by atoms with E-state index < -0.39 is 0 Å². The van der Waals surface area contributed by atoms with Gasteiger partial charge in [0.2, 0.25) is 0 Å². The van der Waals surface area contributed by atoms with Gasteiger partial charge < -0.3 is 19.4 Å². The molecule has 8 bridgehead atoms. The molecule has 2 aliphatic rings. The van der Waals surface area contributed by atoms with Crippen molar-refractivity contribution >= 4 is 46.4 Å². The highest BCUT2D eigenvalue weighted by Gasteiger charge is 2.19. The van der Waals surface area contributed by atoms with Crippen LogP contribution in [0.2, 0.25) is 0 Å². The molecule has 5 heterocycles. The van der Waals surface area contributed by atoms with Crippen molar-refractivity contribution < 1.29 is 13.9 Å². The van der Waals surface area contributed by atoms with E-state index in [9.17, 15) is 4.39 Å². The predicted molar refractivity (Wildman–Crippen MR) is 223 cm³/mol. The van der Waals surface area contributed by atoms with Crippen LogP contribution in [0.25, 0.3) is 90.9 Å². The third-order valence-electron chi connectivity index (χ3n) is 10.3. The zero-order valence-corrected chi connectivity index (χ0v) is 30.9. The number of aromatic nitrogens is 4. The summed E-state index contributed by atoms with van der Waals surface area (Å²) < 4.78 is 25.7. The Morgan fingerprint density at radius 1 is 0.436 bits per heavy atom. The summed E-state index contributed by atoms with van der Waals surface area (Å²) in [5.41, 5.74) is 16.0. The van der Waals surface area contributed by atoms with Crippen molar-refractivity contribution in [3.8, 4) is 56.0 Å². The number of ether oxygens (including phenoxy) is 2. The lowest BCUT2D eigenvalue weighted by molar-refractivity contribution is 0.415. The Hall–Kier alpha value is -6.99. The standard InChI is InChI=1S/C48H37FN4O2/c1-28-5-7-30(8-6-28)45-37-19-21-39(50-37)46(31-9-14-34(54-3)15-10-31)41-23-25-43(52-41)48(33-13-18-36(49)29(2)27-33)44-26-24-42(53-44)47(40-22-20-38(45)51-40)32-11-16-35(55-4)17-12-32/h5-27,50,53H,1-4H3. The molecule has 2 aliphatic heterocycles. The Bertz CT molecular complexity index is 2800. The molecule has 0 spiro atoms. The Morgan fingerprint density at radius 3 is 1.15 bits per heavy atom. The second kappa shape index (κ2) is 13.8. The van der Waals surface area contributed by atoms with Gasteiger partial charge in [-0.2, -0.15) is 0 Å². The largest absolute Gasteiger partial charge is 0.497 e. The first-order valence-electron chi connectivity index (χ1n) is 18.2. The van der Waals surface area contributed by atoms with E-state index in [2.05, 4.69) is 108 Å². The van der Waals surface area contributed by atoms with Gasteiger partial charge in [-0.25, -0.2) is 14.4 Å². The van der Waals surface area contributed by atoms with Crippen LogP contribution in [0, 0.1) is 19.7 Å². The molecule has 4 aromatic carbocycles. The average molecular weight is 721 g/mol. The van der Waals surface area contributed by atoms with E-state index in [0.717, 1.165) is 101 Å². The van der Waals surface area contributed by atoms with E-state index in [1.807, 2.05) is 42.5 Å². The summed E-state index contributed by atoms with van der Waals surface area (Å²) >= 11 is 0. The topological polar surface area (TPSA) is 75.8 Å². The van der Waals surface area contributed by atoms with Crippen LogP contribution in [0.3, 0.4) is 0 Å². The SMILES string of the molecule is COc1ccc(-c2c3nc(c(-c4ccc(F)c(C)c4)c4ccc([nH]4)c(-c4ccc(OC)cc4)c4nc(c(-c5ccc(C)cc5)c5ccc2[nH]5)C=C4)C=C3)cc1. The quantitative estimate of drug-likeness (QED) is 0.179. The number of methoxy groups -OCH3 is 2.